The van der Waals surface area contributed by atoms with Crippen molar-refractivity contribution >= 4 is 27.5 Å². The van der Waals surface area contributed by atoms with E-state index in [4.69, 9.17) is 0 Å². The van der Waals surface area contributed by atoms with E-state index in [2.05, 4.69) is 5.32 Å². The van der Waals surface area contributed by atoms with Gasteiger partial charge in [-0.2, -0.15) is 0 Å². The quantitative estimate of drug-likeness (QED) is 0.263. The highest BCUT2D eigenvalue weighted by Gasteiger charge is 2.34. The molecule has 4 aromatic rings. The van der Waals surface area contributed by atoms with Crippen molar-refractivity contribution in [1.82, 2.24) is 10.2 Å². The number of anilines is 1. The van der Waals surface area contributed by atoms with Gasteiger partial charge in [0.05, 0.1) is 10.6 Å². The van der Waals surface area contributed by atoms with Crippen molar-refractivity contribution in [2.75, 3.05) is 17.9 Å². The number of likely N-dealkylation sites (N-methyl/N-ethyl adjacent to an activating group) is 1. The van der Waals surface area contributed by atoms with Crippen LogP contribution in [0.1, 0.15) is 27.8 Å². The molecule has 0 aromatic heterocycles. The lowest BCUT2D eigenvalue weighted by Gasteiger charge is -2.34. The maximum atomic E-state index is 14.4. The highest BCUT2D eigenvalue weighted by Crippen LogP contribution is 2.28. The largest absolute Gasteiger partial charge is 0.357 e. The van der Waals surface area contributed by atoms with Crippen LogP contribution in [-0.4, -0.2) is 44.8 Å². The molecule has 7 nitrogen and oxygen atoms in total. The van der Waals surface area contributed by atoms with Gasteiger partial charge < -0.3 is 10.2 Å². The van der Waals surface area contributed by atoms with E-state index >= 15 is 0 Å². The van der Waals surface area contributed by atoms with Crippen LogP contribution in [0.2, 0.25) is 0 Å². The van der Waals surface area contributed by atoms with E-state index in [1.165, 1.54) is 28.4 Å². The smallest absolute Gasteiger partial charge is 0.264 e. The second kappa shape index (κ2) is 13.5. The van der Waals surface area contributed by atoms with Crippen LogP contribution in [0.15, 0.2) is 108 Å². The Kier molecular flexibility index (Phi) is 9.80. The molecule has 1 N–H and O–H groups in total. The summed E-state index contributed by atoms with van der Waals surface area (Å²) in [7, 11) is -2.59. The average molecular weight is 584 g/mol. The standard InChI is InChI=1S/C34H37N3O4S/c1-25-12-11-15-29(20-25)23-36(32(34(39)35-4)22-28-13-7-5-8-14-28)33(38)24-37(31-21-26(2)18-19-27(31)3)42(40,41)30-16-9-6-10-17-30/h5-21,32H,22-24H2,1-4H3,(H,35,39). The first kappa shape index (κ1) is 30.5. The fourth-order valence-electron chi connectivity index (χ4n) is 4.95. The third kappa shape index (κ3) is 7.25. The Hall–Kier alpha value is -4.43. The van der Waals surface area contributed by atoms with Crippen molar-refractivity contribution in [3.8, 4) is 0 Å². The molecular formula is C34H37N3O4S. The molecule has 2 amide bonds. The molecular weight excluding hydrogens is 546 g/mol. The molecule has 0 aliphatic rings. The number of amides is 2. The van der Waals surface area contributed by atoms with Crippen molar-refractivity contribution in [3.05, 3.63) is 131 Å². The summed E-state index contributed by atoms with van der Waals surface area (Å²) in [5.74, 6) is -0.814. The number of hydrogen-bond acceptors (Lipinski definition) is 4. The van der Waals surface area contributed by atoms with Gasteiger partial charge in [-0.25, -0.2) is 8.42 Å². The van der Waals surface area contributed by atoms with Crippen LogP contribution in [0.25, 0.3) is 0 Å². The van der Waals surface area contributed by atoms with Gasteiger partial charge in [-0.05, 0) is 61.2 Å². The molecule has 0 fully saturated rings. The van der Waals surface area contributed by atoms with E-state index < -0.39 is 28.5 Å². The third-order valence-electron chi connectivity index (χ3n) is 7.20. The van der Waals surface area contributed by atoms with Gasteiger partial charge in [-0.15, -0.1) is 0 Å². The summed E-state index contributed by atoms with van der Waals surface area (Å²) in [6, 6.07) is 30.0. The molecule has 0 saturated carbocycles. The molecule has 0 aliphatic heterocycles. The molecule has 4 rings (SSSR count). The minimum Gasteiger partial charge on any atom is -0.357 e. The summed E-state index contributed by atoms with van der Waals surface area (Å²) >= 11 is 0. The number of aryl methyl sites for hydroxylation is 3. The lowest BCUT2D eigenvalue weighted by molar-refractivity contribution is -0.139. The summed E-state index contributed by atoms with van der Waals surface area (Å²) in [5, 5.41) is 2.71. The number of sulfonamides is 1. The predicted molar refractivity (Wildman–Crippen MR) is 167 cm³/mol. The molecule has 0 bridgehead atoms. The number of carbonyl (C=O) groups excluding carboxylic acids is 2. The summed E-state index contributed by atoms with van der Waals surface area (Å²) < 4.78 is 29.3. The molecule has 1 unspecified atom stereocenters. The van der Waals surface area contributed by atoms with E-state index in [9.17, 15) is 18.0 Å². The normalized spacial score (nSPS) is 11.9. The molecule has 0 spiro atoms. The lowest BCUT2D eigenvalue weighted by Crippen LogP contribution is -2.53. The molecule has 0 saturated heterocycles. The summed E-state index contributed by atoms with van der Waals surface area (Å²) in [4.78, 5) is 29.3. The second-order valence-corrected chi connectivity index (χ2v) is 12.3. The second-order valence-electron chi connectivity index (χ2n) is 10.4. The first-order valence-corrected chi connectivity index (χ1v) is 15.3. The van der Waals surface area contributed by atoms with Crippen molar-refractivity contribution in [3.63, 3.8) is 0 Å². The molecule has 1 atom stereocenters. The molecule has 4 aromatic carbocycles. The van der Waals surface area contributed by atoms with Crippen LogP contribution in [0.5, 0.6) is 0 Å². The van der Waals surface area contributed by atoms with Crippen LogP contribution in [0, 0.1) is 20.8 Å². The van der Waals surface area contributed by atoms with Crippen LogP contribution < -0.4 is 9.62 Å². The van der Waals surface area contributed by atoms with E-state index in [1.54, 1.807) is 24.3 Å². The van der Waals surface area contributed by atoms with Gasteiger partial charge in [-0.3, -0.25) is 13.9 Å². The number of carbonyl (C=O) groups is 2. The first-order chi connectivity index (χ1) is 20.1. The summed E-state index contributed by atoms with van der Waals surface area (Å²) in [5.41, 5.74) is 4.74. The number of hydrogen-bond donors (Lipinski definition) is 1. The maximum Gasteiger partial charge on any atom is 0.264 e. The SMILES string of the molecule is CNC(=O)C(Cc1ccccc1)N(Cc1cccc(C)c1)C(=O)CN(c1cc(C)ccc1C)S(=O)(=O)c1ccccc1. The Morgan fingerprint density at radius 1 is 0.762 bits per heavy atom. The Labute approximate surface area is 248 Å². The Morgan fingerprint density at radius 3 is 2.02 bits per heavy atom. The lowest BCUT2D eigenvalue weighted by atomic mass is 10.0. The van der Waals surface area contributed by atoms with Gasteiger partial charge in [0.1, 0.15) is 12.6 Å². The zero-order valence-electron chi connectivity index (χ0n) is 24.4. The van der Waals surface area contributed by atoms with E-state index in [1.807, 2.05) is 87.5 Å². The monoisotopic (exact) mass is 583 g/mol. The number of nitrogens with one attached hydrogen (secondary N) is 1. The zero-order valence-corrected chi connectivity index (χ0v) is 25.3. The maximum absolute atomic E-state index is 14.4. The minimum absolute atomic E-state index is 0.0797. The van der Waals surface area contributed by atoms with Gasteiger partial charge in [0.25, 0.3) is 10.0 Å². The van der Waals surface area contributed by atoms with Gasteiger partial charge in [0, 0.05) is 20.0 Å². The molecule has 0 radical (unpaired) electrons. The van der Waals surface area contributed by atoms with Crippen molar-refractivity contribution in [2.24, 2.45) is 0 Å². The van der Waals surface area contributed by atoms with Crippen LogP contribution >= 0.6 is 0 Å². The molecule has 8 heteroatoms. The topological polar surface area (TPSA) is 86.8 Å². The fraction of sp³-hybridized carbons (Fsp3) is 0.235. The molecule has 218 valence electrons. The first-order valence-electron chi connectivity index (χ1n) is 13.9. The van der Waals surface area contributed by atoms with Crippen LogP contribution in [-0.2, 0) is 32.6 Å². The van der Waals surface area contributed by atoms with Gasteiger partial charge in [-0.1, -0.05) is 90.5 Å². The van der Waals surface area contributed by atoms with Crippen LogP contribution in [0.4, 0.5) is 5.69 Å². The van der Waals surface area contributed by atoms with E-state index in [0.29, 0.717) is 11.3 Å². The molecule has 0 heterocycles. The van der Waals surface area contributed by atoms with Crippen molar-refractivity contribution in [1.29, 1.82) is 0 Å². The predicted octanol–water partition coefficient (Wildman–Crippen LogP) is 5.19. The van der Waals surface area contributed by atoms with Gasteiger partial charge >= 0.3 is 0 Å². The van der Waals surface area contributed by atoms with Gasteiger partial charge in [0.15, 0.2) is 0 Å². The van der Waals surface area contributed by atoms with E-state index in [0.717, 1.165) is 22.3 Å². The van der Waals surface area contributed by atoms with Crippen molar-refractivity contribution < 1.29 is 18.0 Å². The highest BCUT2D eigenvalue weighted by atomic mass is 32.2. The van der Waals surface area contributed by atoms with Gasteiger partial charge in [0.2, 0.25) is 11.8 Å². The molecule has 42 heavy (non-hydrogen) atoms. The number of nitrogens with zero attached hydrogens (tertiary/aromatic N) is 2. The fourth-order valence-corrected chi connectivity index (χ4v) is 6.44. The number of rotatable bonds is 11. The van der Waals surface area contributed by atoms with E-state index in [-0.39, 0.29) is 23.8 Å². The minimum atomic E-state index is -4.13. The summed E-state index contributed by atoms with van der Waals surface area (Å²) in [6.07, 6.45) is 0.271. The summed E-state index contributed by atoms with van der Waals surface area (Å²) in [6.45, 7) is 5.32. The Balaban J connectivity index is 1.81. The average Bonchev–Trinajstić information content (AvgIpc) is 2.99. The number of benzene rings is 4. The third-order valence-corrected chi connectivity index (χ3v) is 8.97. The zero-order chi connectivity index (χ0) is 30.3. The molecule has 0 aliphatic carbocycles. The van der Waals surface area contributed by atoms with Crippen LogP contribution in [0.3, 0.4) is 0 Å². The highest BCUT2D eigenvalue weighted by molar-refractivity contribution is 7.92. The van der Waals surface area contributed by atoms with Crippen molar-refractivity contribution in [2.45, 2.75) is 44.7 Å². The Morgan fingerprint density at radius 2 is 1.38 bits per heavy atom. The Bertz CT molecular complexity index is 1640.